The predicted molar refractivity (Wildman–Crippen MR) is 73.6 cm³/mol. The van der Waals surface area contributed by atoms with Crippen molar-refractivity contribution < 1.29 is 4.42 Å². The zero-order valence-electron chi connectivity index (χ0n) is 10.4. The van der Waals surface area contributed by atoms with Crippen molar-refractivity contribution in [2.45, 2.75) is 19.5 Å². The first-order valence-corrected chi connectivity index (χ1v) is 6.67. The molecule has 1 aliphatic rings. The van der Waals surface area contributed by atoms with E-state index in [1.807, 2.05) is 18.2 Å². The Bertz CT molecular complexity index is 556. The Morgan fingerprint density at radius 2 is 2.17 bits per heavy atom. The fourth-order valence-electron chi connectivity index (χ4n) is 2.66. The maximum atomic E-state index is 6.19. The molecular formula is C14H17ClN2O. The van der Waals surface area contributed by atoms with E-state index in [4.69, 9.17) is 21.8 Å². The lowest BCUT2D eigenvalue weighted by Gasteiger charge is -2.14. The SMILES string of the molecule is CC1CN(Cc2c(Cl)oc3ccccc23)CC1N. The second kappa shape index (κ2) is 4.57. The van der Waals surface area contributed by atoms with Gasteiger partial charge in [0.15, 0.2) is 5.22 Å². The second-order valence-corrected chi connectivity index (χ2v) is 5.53. The third-order valence-electron chi connectivity index (χ3n) is 3.78. The van der Waals surface area contributed by atoms with E-state index >= 15 is 0 Å². The Kier molecular flexibility index (Phi) is 3.06. The average Bonchev–Trinajstić information content (AvgIpc) is 2.82. The Morgan fingerprint density at radius 3 is 2.89 bits per heavy atom. The number of nitrogens with two attached hydrogens (primary N) is 1. The highest BCUT2D eigenvalue weighted by Crippen LogP contribution is 2.31. The molecule has 1 fully saturated rings. The number of rotatable bonds is 2. The van der Waals surface area contributed by atoms with Crippen LogP contribution < -0.4 is 5.73 Å². The van der Waals surface area contributed by atoms with Gasteiger partial charge >= 0.3 is 0 Å². The minimum absolute atomic E-state index is 0.266. The van der Waals surface area contributed by atoms with Crippen LogP contribution in [-0.4, -0.2) is 24.0 Å². The van der Waals surface area contributed by atoms with Crippen LogP contribution in [0, 0.1) is 5.92 Å². The number of para-hydroxylation sites is 1. The summed E-state index contributed by atoms with van der Waals surface area (Å²) >= 11 is 6.19. The van der Waals surface area contributed by atoms with Crippen molar-refractivity contribution in [1.82, 2.24) is 4.90 Å². The Balaban J connectivity index is 1.89. The zero-order chi connectivity index (χ0) is 12.7. The van der Waals surface area contributed by atoms with Gasteiger partial charge in [-0.3, -0.25) is 4.90 Å². The van der Waals surface area contributed by atoms with E-state index < -0.39 is 0 Å². The Hall–Kier alpha value is -1.03. The molecule has 0 bridgehead atoms. The van der Waals surface area contributed by atoms with E-state index in [0.29, 0.717) is 11.1 Å². The number of nitrogens with zero attached hydrogens (tertiary/aromatic N) is 1. The molecule has 0 spiro atoms. The molecule has 0 radical (unpaired) electrons. The first-order chi connectivity index (χ1) is 8.65. The largest absolute Gasteiger partial charge is 0.444 e. The van der Waals surface area contributed by atoms with Crippen LogP contribution in [0.4, 0.5) is 0 Å². The molecule has 2 unspecified atom stereocenters. The van der Waals surface area contributed by atoms with Gasteiger partial charge in [-0.05, 0) is 23.6 Å². The molecule has 96 valence electrons. The van der Waals surface area contributed by atoms with Crippen molar-refractivity contribution in [3.8, 4) is 0 Å². The number of furan rings is 1. The van der Waals surface area contributed by atoms with Gasteiger partial charge in [-0.15, -0.1) is 0 Å². The Labute approximate surface area is 111 Å². The normalized spacial score (nSPS) is 25.1. The van der Waals surface area contributed by atoms with Gasteiger partial charge < -0.3 is 10.2 Å². The van der Waals surface area contributed by atoms with Gasteiger partial charge in [-0.1, -0.05) is 25.1 Å². The van der Waals surface area contributed by atoms with Crippen LogP contribution in [0.2, 0.25) is 5.22 Å². The van der Waals surface area contributed by atoms with Gasteiger partial charge in [0.1, 0.15) is 5.58 Å². The molecule has 18 heavy (non-hydrogen) atoms. The molecule has 1 aromatic heterocycles. The van der Waals surface area contributed by atoms with Crippen molar-refractivity contribution >= 4 is 22.6 Å². The van der Waals surface area contributed by atoms with E-state index in [1.165, 1.54) is 0 Å². The summed E-state index contributed by atoms with van der Waals surface area (Å²) in [4.78, 5) is 2.35. The monoisotopic (exact) mass is 264 g/mol. The highest BCUT2D eigenvalue weighted by atomic mass is 35.5. The molecule has 3 rings (SSSR count). The topological polar surface area (TPSA) is 42.4 Å². The lowest BCUT2D eigenvalue weighted by Crippen LogP contribution is -2.28. The summed E-state index contributed by atoms with van der Waals surface area (Å²) in [6.45, 7) is 4.96. The molecule has 0 amide bonds. The molecule has 0 saturated carbocycles. The first-order valence-electron chi connectivity index (χ1n) is 6.29. The third-order valence-corrected chi connectivity index (χ3v) is 4.08. The lowest BCUT2D eigenvalue weighted by molar-refractivity contribution is 0.318. The van der Waals surface area contributed by atoms with E-state index in [0.717, 1.165) is 36.2 Å². The van der Waals surface area contributed by atoms with E-state index in [-0.39, 0.29) is 6.04 Å². The number of halogens is 1. The highest BCUT2D eigenvalue weighted by molar-refractivity contribution is 6.30. The molecule has 2 N–H and O–H groups in total. The molecule has 1 aromatic carbocycles. The maximum absolute atomic E-state index is 6.19. The van der Waals surface area contributed by atoms with Crippen LogP contribution in [0.15, 0.2) is 28.7 Å². The summed E-state index contributed by atoms with van der Waals surface area (Å²) in [5.41, 5.74) is 7.98. The van der Waals surface area contributed by atoms with Crippen LogP contribution in [0.25, 0.3) is 11.0 Å². The van der Waals surface area contributed by atoms with Crippen LogP contribution in [0.5, 0.6) is 0 Å². The smallest absolute Gasteiger partial charge is 0.199 e. The fraction of sp³-hybridized carbons (Fsp3) is 0.429. The number of fused-ring (bicyclic) bond motifs is 1. The molecule has 1 saturated heterocycles. The van der Waals surface area contributed by atoms with Crippen molar-refractivity contribution in [2.75, 3.05) is 13.1 Å². The minimum Gasteiger partial charge on any atom is -0.444 e. The summed E-state index contributed by atoms with van der Waals surface area (Å²) in [7, 11) is 0. The summed E-state index contributed by atoms with van der Waals surface area (Å²) in [5, 5.41) is 1.61. The number of benzene rings is 1. The highest BCUT2D eigenvalue weighted by Gasteiger charge is 2.27. The van der Waals surface area contributed by atoms with Crippen molar-refractivity contribution in [3.05, 3.63) is 35.0 Å². The van der Waals surface area contributed by atoms with E-state index in [9.17, 15) is 0 Å². The fourth-order valence-corrected chi connectivity index (χ4v) is 2.91. The van der Waals surface area contributed by atoms with Crippen LogP contribution >= 0.6 is 11.6 Å². The summed E-state index contributed by atoms with van der Waals surface area (Å²) in [6, 6.07) is 8.24. The average molecular weight is 265 g/mol. The quantitative estimate of drug-likeness (QED) is 0.907. The zero-order valence-corrected chi connectivity index (χ0v) is 11.2. The molecule has 2 heterocycles. The van der Waals surface area contributed by atoms with Crippen molar-refractivity contribution in [1.29, 1.82) is 0 Å². The van der Waals surface area contributed by atoms with Crippen LogP contribution in [-0.2, 0) is 6.54 Å². The van der Waals surface area contributed by atoms with Crippen molar-refractivity contribution in [2.24, 2.45) is 11.7 Å². The van der Waals surface area contributed by atoms with Gasteiger partial charge in [-0.2, -0.15) is 0 Å². The molecular weight excluding hydrogens is 248 g/mol. The third kappa shape index (κ3) is 2.03. The van der Waals surface area contributed by atoms with Crippen molar-refractivity contribution in [3.63, 3.8) is 0 Å². The number of hydrogen-bond acceptors (Lipinski definition) is 3. The standard InChI is InChI=1S/C14H17ClN2O/c1-9-6-17(8-12(9)16)7-11-10-4-2-3-5-13(10)18-14(11)15/h2-5,9,12H,6-8,16H2,1H3. The van der Waals surface area contributed by atoms with Crippen LogP contribution in [0.3, 0.4) is 0 Å². The van der Waals surface area contributed by atoms with E-state index in [2.05, 4.69) is 17.9 Å². The van der Waals surface area contributed by atoms with Gasteiger partial charge in [0.2, 0.25) is 0 Å². The van der Waals surface area contributed by atoms with Gasteiger partial charge in [0.25, 0.3) is 0 Å². The molecule has 1 aliphatic heterocycles. The summed E-state index contributed by atoms with van der Waals surface area (Å²) in [6.07, 6.45) is 0. The molecule has 2 atom stereocenters. The minimum atomic E-state index is 0.266. The van der Waals surface area contributed by atoms with Gasteiger partial charge in [0.05, 0.1) is 0 Å². The lowest BCUT2D eigenvalue weighted by atomic mass is 10.1. The summed E-state index contributed by atoms with van der Waals surface area (Å²) < 4.78 is 5.57. The summed E-state index contributed by atoms with van der Waals surface area (Å²) in [5.74, 6) is 0.543. The molecule has 0 aliphatic carbocycles. The molecule has 4 heteroatoms. The van der Waals surface area contributed by atoms with Gasteiger partial charge in [0, 0.05) is 36.6 Å². The van der Waals surface area contributed by atoms with Gasteiger partial charge in [-0.25, -0.2) is 0 Å². The second-order valence-electron chi connectivity index (χ2n) is 5.19. The maximum Gasteiger partial charge on any atom is 0.199 e. The molecule has 3 nitrogen and oxygen atoms in total. The van der Waals surface area contributed by atoms with E-state index in [1.54, 1.807) is 0 Å². The first kappa shape index (κ1) is 12.0. The predicted octanol–water partition coefficient (Wildman–Crippen LogP) is 2.87. The molecule has 2 aromatic rings. The Morgan fingerprint density at radius 1 is 1.39 bits per heavy atom. The number of likely N-dealkylation sites (tertiary alicyclic amines) is 1. The number of hydrogen-bond donors (Lipinski definition) is 1. The van der Waals surface area contributed by atoms with Crippen LogP contribution in [0.1, 0.15) is 12.5 Å².